The van der Waals surface area contributed by atoms with Crippen molar-refractivity contribution in [2.75, 3.05) is 0 Å². The molecule has 64 valence electrons. The summed E-state index contributed by atoms with van der Waals surface area (Å²) in [5.41, 5.74) is 1.35. The van der Waals surface area contributed by atoms with Gasteiger partial charge in [-0.15, -0.1) is 0 Å². The molecule has 0 aromatic carbocycles. The van der Waals surface area contributed by atoms with Crippen molar-refractivity contribution in [1.82, 2.24) is 0 Å². The largest absolute Gasteiger partial charge is 0.393 e. The topological polar surface area (TPSA) is 20.2 Å². The van der Waals surface area contributed by atoms with Crippen LogP contribution in [0.4, 0.5) is 0 Å². The van der Waals surface area contributed by atoms with E-state index in [1.54, 1.807) is 0 Å². The molecule has 0 saturated heterocycles. The second kappa shape index (κ2) is 3.91. The van der Waals surface area contributed by atoms with Crippen LogP contribution < -0.4 is 0 Å². The van der Waals surface area contributed by atoms with Crippen molar-refractivity contribution in [3.05, 3.63) is 11.6 Å². The van der Waals surface area contributed by atoms with Crippen LogP contribution in [0.15, 0.2) is 11.6 Å². The third-order valence-electron chi connectivity index (χ3n) is 2.38. The summed E-state index contributed by atoms with van der Waals surface area (Å²) in [6.07, 6.45) is 6.45. The van der Waals surface area contributed by atoms with Crippen LogP contribution in [-0.4, -0.2) is 11.2 Å². The first-order valence-electron chi connectivity index (χ1n) is 4.52. The first-order chi connectivity index (χ1) is 5.18. The van der Waals surface area contributed by atoms with Crippen molar-refractivity contribution in [2.24, 2.45) is 5.92 Å². The molecule has 0 aliphatic heterocycles. The Morgan fingerprint density at radius 3 is 3.00 bits per heavy atom. The smallest absolute Gasteiger partial charge is 0.0579 e. The average Bonchev–Trinajstić information content (AvgIpc) is 1.83. The van der Waals surface area contributed by atoms with Crippen LogP contribution >= 0.6 is 0 Å². The summed E-state index contributed by atoms with van der Waals surface area (Å²) in [4.78, 5) is 0. The van der Waals surface area contributed by atoms with Crippen LogP contribution in [0.25, 0.3) is 0 Å². The normalized spacial score (nSPS) is 38.6. The molecule has 1 heteroatoms. The molecule has 0 amide bonds. The zero-order valence-electron chi connectivity index (χ0n) is 7.51. The molecule has 0 bridgehead atoms. The number of allylic oxidation sites excluding steroid dienone is 1. The molecule has 11 heavy (non-hydrogen) atoms. The maximum atomic E-state index is 9.51. The van der Waals surface area contributed by atoms with Gasteiger partial charge in [-0.2, -0.15) is 0 Å². The minimum Gasteiger partial charge on any atom is -0.393 e. The van der Waals surface area contributed by atoms with E-state index in [0.29, 0.717) is 5.92 Å². The van der Waals surface area contributed by atoms with Gasteiger partial charge in [0.05, 0.1) is 6.10 Å². The summed E-state index contributed by atoms with van der Waals surface area (Å²) in [5, 5.41) is 9.51. The van der Waals surface area contributed by atoms with Crippen molar-refractivity contribution in [3.8, 4) is 0 Å². The lowest BCUT2D eigenvalue weighted by atomic mass is 9.91. The zero-order chi connectivity index (χ0) is 8.27. The van der Waals surface area contributed by atoms with Gasteiger partial charge >= 0.3 is 0 Å². The standard InChI is InChI=1S/C10H18O/c1-8-4-3-5-9(2)7-10(11)6-8/h4,9-11H,3,5-7H2,1-2H3/b8-4-. The maximum absolute atomic E-state index is 9.51. The molecule has 0 radical (unpaired) electrons. The Labute approximate surface area is 69.1 Å². The van der Waals surface area contributed by atoms with Crippen molar-refractivity contribution < 1.29 is 5.11 Å². The Hall–Kier alpha value is -0.300. The third-order valence-corrected chi connectivity index (χ3v) is 2.38. The minimum absolute atomic E-state index is 0.0958. The summed E-state index contributed by atoms with van der Waals surface area (Å²) in [6, 6.07) is 0. The van der Waals surface area contributed by atoms with E-state index >= 15 is 0 Å². The molecular weight excluding hydrogens is 136 g/mol. The summed E-state index contributed by atoms with van der Waals surface area (Å²) >= 11 is 0. The van der Waals surface area contributed by atoms with Gasteiger partial charge < -0.3 is 5.11 Å². The first-order valence-corrected chi connectivity index (χ1v) is 4.52. The molecule has 1 aliphatic carbocycles. The summed E-state index contributed by atoms with van der Waals surface area (Å²) < 4.78 is 0. The quantitative estimate of drug-likeness (QED) is 0.531. The number of hydrogen-bond donors (Lipinski definition) is 1. The van der Waals surface area contributed by atoms with Gasteiger partial charge in [-0.25, -0.2) is 0 Å². The van der Waals surface area contributed by atoms with Gasteiger partial charge in [0.1, 0.15) is 0 Å². The fourth-order valence-corrected chi connectivity index (χ4v) is 1.73. The molecule has 1 rings (SSSR count). The summed E-state index contributed by atoms with van der Waals surface area (Å²) in [7, 11) is 0. The predicted molar refractivity (Wildman–Crippen MR) is 47.4 cm³/mol. The van der Waals surface area contributed by atoms with Gasteiger partial charge in [0, 0.05) is 0 Å². The molecule has 0 heterocycles. The van der Waals surface area contributed by atoms with Gasteiger partial charge in [0.25, 0.3) is 0 Å². The lowest BCUT2D eigenvalue weighted by molar-refractivity contribution is 0.141. The maximum Gasteiger partial charge on any atom is 0.0579 e. The molecule has 0 spiro atoms. The molecule has 0 aromatic heterocycles. The van der Waals surface area contributed by atoms with Crippen molar-refractivity contribution >= 4 is 0 Å². The fourth-order valence-electron chi connectivity index (χ4n) is 1.73. The highest BCUT2D eigenvalue weighted by Gasteiger charge is 2.12. The third kappa shape index (κ3) is 3.06. The SMILES string of the molecule is C/C1=C/CCC(C)CC(O)C1. The van der Waals surface area contributed by atoms with Crippen molar-refractivity contribution in [1.29, 1.82) is 0 Å². The average molecular weight is 154 g/mol. The van der Waals surface area contributed by atoms with Gasteiger partial charge in [0.15, 0.2) is 0 Å². The highest BCUT2D eigenvalue weighted by molar-refractivity contribution is 5.01. The van der Waals surface area contributed by atoms with Gasteiger partial charge in [-0.3, -0.25) is 0 Å². The van der Waals surface area contributed by atoms with E-state index < -0.39 is 0 Å². The van der Waals surface area contributed by atoms with E-state index in [2.05, 4.69) is 19.9 Å². The molecule has 2 atom stereocenters. The molecule has 1 aliphatic rings. The van der Waals surface area contributed by atoms with E-state index in [1.165, 1.54) is 18.4 Å². The van der Waals surface area contributed by atoms with Gasteiger partial charge in [-0.1, -0.05) is 18.6 Å². The van der Waals surface area contributed by atoms with E-state index in [1.807, 2.05) is 0 Å². The van der Waals surface area contributed by atoms with E-state index in [-0.39, 0.29) is 6.10 Å². The Morgan fingerprint density at radius 1 is 1.55 bits per heavy atom. The van der Waals surface area contributed by atoms with Crippen molar-refractivity contribution in [2.45, 2.75) is 45.6 Å². The number of aliphatic hydroxyl groups excluding tert-OH is 1. The molecule has 1 nitrogen and oxygen atoms in total. The Morgan fingerprint density at radius 2 is 2.27 bits per heavy atom. The predicted octanol–water partition coefficient (Wildman–Crippen LogP) is 2.50. The molecule has 1 N–H and O–H groups in total. The van der Waals surface area contributed by atoms with E-state index in [4.69, 9.17) is 0 Å². The number of rotatable bonds is 0. The lowest BCUT2D eigenvalue weighted by Crippen LogP contribution is -2.13. The van der Waals surface area contributed by atoms with Crippen LogP contribution in [0.5, 0.6) is 0 Å². The van der Waals surface area contributed by atoms with Gasteiger partial charge in [0.2, 0.25) is 0 Å². The monoisotopic (exact) mass is 154 g/mol. The summed E-state index contributed by atoms with van der Waals surface area (Å²) in [6.45, 7) is 4.33. The van der Waals surface area contributed by atoms with Crippen LogP contribution in [0.3, 0.4) is 0 Å². The Kier molecular flexibility index (Phi) is 3.13. The second-order valence-corrected chi connectivity index (χ2v) is 3.83. The zero-order valence-corrected chi connectivity index (χ0v) is 7.51. The molecule has 2 unspecified atom stereocenters. The van der Waals surface area contributed by atoms with Crippen LogP contribution in [0.2, 0.25) is 0 Å². The molecule has 0 aromatic rings. The van der Waals surface area contributed by atoms with Crippen LogP contribution in [-0.2, 0) is 0 Å². The molecule has 0 fully saturated rings. The fraction of sp³-hybridized carbons (Fsp3) is 0.800. The molecular formula is C10H18O. The Balaban J connectivity index is 2.50. The molecule has 0 saturated carbocycles. The van der Waals surface area contributed by atoms with Crippen LogP contribution in [0.1, 0.15) is 39.5 Å². The second-order valence-electron chi connectivity index (χ2n) is 3.83. The number of hydrogen-bond acceptors (Lipinski definition) is 1. The number of aliphatic hydroxyl groups is 1. The summed E-state index contributed by atoms with van der Waals surface area (Å²) in [5.74, 6) is 0.689. The lowest BCUT2D eigenvalue weighted by Gasteiger charge is -2.19. The van der Waals surface area contributed by atoms with Crippen molar-refractivity contribution in [3.63, 3.8) is 0 Å². The van der Waals surface area contributed by atoms with Gasteiger partial charge in [-0.05, 0) is 38.5 Å². The highest BCUT2D eigenvalue weighted by Crippen LogP contribution is 2.21. The van der Waals surface area contributed by atoms with E-state index in [9.17, 15) is 5.11 Å². The van der Waals surface area contributed by atoms with E-state index in [0.717, 1.165) is 12.8 Å². The first kappa shape index (κ1) is 8.79. The highest BCUT2D eigenvalue weighted by atomic mass is 16.3. The van der Waals surface area contributed by atoms with Crippen LogP contribution in [0, 0.1) is 5.92 Å². The Bertz CT molecular complexity index is 149. The minimum atomic E-state index is -0.0958.